The molecule has 0 amide bonds. The topological polar surface area (TPSA) is 44.1 Å². The molecule has 0 spiro atoms. The zero-order valence-corrected chi connectivity index (χ0v) is 12.4. The molecule has 0 aliphatic heterocycles. The first-order valence-electron chi connectivity index (χ1n) is 5.41. The molecule has 0 aliphatic carbocycles. The standard InChI is InChI=1S/C13H14Cl3NO/c1-7(2)13(18)8(6-14)12(17)11-9(15)4-3-5-10(11)16/h3-5,7,17-18H,6H2,1-2H3/b13-8-,17-12?. The van der Waals surface area contributed by atoms with Crippen LogP contribution in [0.3, 0.4) is 0 Å². The molecule has 0 heterocycles. The molecule has 18 heavy (non-hydrogen) atoms. The second-order valence-electron chi connectivity index (χ2n) is 4.12. The lowest BCUT2D eigenvalue weighted by atomic mass is 9.98. The van der Waals surface area contributed by atoms with Gasteiger partial charge in [0.15, 0.2) is 0 Å². The summed E-state index contributed by atoms with van der Waals surface area (Å²) in [6, 6.07) is 5.00. The number of rotatable bonds is 4. The monoisotopic (exact) mass is 305 g/mol. The fraction of sp³-hybridized carbons (Fsp3) is 0.308. The normalized spacial score (nSPS) is 12.6. The van der Waals surface area contributed by atoms with E-state index in [2.05, 4.69) is 0 Å². The molecule has 2 N–H and O–H groups in total. The number of aliphatic hydroxyl groups excluding tert-OH is 1. The minimum atomic E-state index is -0.111. The maximum absolute atomic E-state index is 9.97. The third-order valence-electron chi connectivity index (χ3n) is 2.50. The zero-order chi connectivity index (χ0) is 13.9. The van der Waals surface area contributed by atoms with Crippen LogP contribution in [-0.2, 0) is 0 Å². The third-order valence-corrected chi connectivity index (χ3v) is 3.40. The molecule has 0 bridgehead atoms. The van der Waals surface area contributed by atoms with Gasteiger partial charge in [0.2, 0.25) is 0 Å². The first-order valence-corrected chi connectivity index (χ1v) is 6.70. The number of benzene rings is 1. The minimum Gasteiger partial charge on any atom is -0.512 e. The highest BCUT2D eigenvalue weighted by Crippen LogP contribution is 2.28. The van der Waals surface area contributed by atoms with Gasteiger partial charge in [-0.1, -0.05) is 43.1 Å². The molecule has 0 aromatic heterocycles. The molecular weight excluding hydrogens is 293 g/mol. The number of alkyl halides is 1. The Balaban J connectivity index is 3.33. The van der Waals surface area contributed by atoms with Gasteiger partial charge < -0.3 is 5.11 Å². The Hall–Kier alpha value is -0.700. The highest BCUT2D eigenvalue weighted by Gasteiger charge is 2.19. The second-order valence-corrected chi connectivity index (χ2v) is 5.21. The summed E-state index contributed by atoms with van der Waals surface area (Å²) in [4.78, 5) is 0. The summed E-state index contributed by atoms with van der Waals surface area (Å²) in [5.41, 5.74) is 0.803. The summed E-state index contributed by atoms with van der Waals surface area (Å²) in [5, 5.41) is 18.8. The summed E-state index contributed by atoms with van der Waals surface area (Å²) in [5.74, 6) is 0.0102. The number of allylic oxidation sites excluding steroid dienone is 2. The number of aliphatic hydroxyl groups is 1. The van der Waals surface area contributed by atoms with E-state index in [1.807, 2.05) is 13.8 Å². The summed E-state index contributed by atoms with van der Waals surface area (Å²) in [6.45, 7) is 3.65. The quantitative estimate of drug-likeness (QED) is 0.455. The molecule has 0 atom stereocenters. The van der Waals surface area contributed by atoms with Gasteiger partial charge in [0, 0.05) is 17.1 Å². The van der Waals surface area contributed by atoms with E-state index >= 15 is 0 Å². The summed E-state index contributed by atoms with van der Waals surface area (Å²) >= 11 is 17.9. The van der Waals surface area contributed by atoms with Crippen molar-refractivity contribution in [2.75, 3.05) is 5.88 Å². The van der Waals surface area contributed by atoms with Gasteiger partial charge in [0.05, 0.1) is 21.6 Å². The van der Waals surface area contributed by atoms with Gasteiger partial charge in [0.1, 0.15) is 5.76 Å². The van der Waals surface area contributed by atoms with Gasteiger partial charge in [-0.25, -0.2) is 0 Å². The van der Waals surface area contributed by atoms with Gasteiger partial charge in [-0.15, -0.1) is 11.6 Å². The second kappa shape index (κ2) is 6.46. The number of nitrogens with one attached hydrogen (secondary N) is 1. The van der Waals surface area contributed by atoms with E-state index < -0.39 is 0 Å². The van der Waals surface area contributed by atoms with E-state index in [1.54, 1.807) is 18.2 Å². The highest BCUT2D eigenvalue weighted by molar-refractivity contribution is 6.41. The molecule has 0 fully saturated rings. The van der Waals surface area contributed by atoms with Crippen LogP contribution >= 0.6 is 34.8 Å². The number of halogens is 3. The fourth-order valence-electron chi connectivity index (χ4n) is 1.50. The summed E-state index contributed by atoms with van der Waals surface area (Å²) in [7, 11) is 0. The summed E-state index contributed by atoms with van der Waals surface area (Å²) in [6.07, 6.45) is 0. The van der Waals surface area contributed by atoms with Gasteiger partial charge in [-0.3, -0.25) is 5.41 Å². The first-order chi connectivity index (χ1) is 8.40. The Morgan fingerprint density at radius 3 is 2.17 bits per heavy atom. The first kappa shape index (κ1) is 15.4. The van der Waals surface area contributed by atoms with Gasteiger partial charge in [-0.05, 0) is 12.1 Å². The van der Waals surface area contributed by atoms with Crippen LogP contribution in [0.5, 0.6) is 0 Å². The number of hydrogen-bond donors (Lipinski definition) is 2. The van der Waals surface area contributed by atoms with Crippen LogP contribution in [0, 0.1) is 11.3 Å². The predicted octanol–water partition coefficient (Wildman–Crippen LogP) is 5.07. The van der Waals surface area contributed by atoms with E-state index in [1.165, 1.54) is 0 Å². The van der Waals surface area contributed by atoms with E-state index in [-0.39, 0.29) is 23.3 Å². The molecular formula is C13H14Cl3NO. The zero-order valence-electron chi connectivity index (χ0n) is 10.1. The minimum absolute atomic E-state index is 0.0321. The average molecular weight is 307 g/mol. The molecule has 98 valence electrons. The maximum Gasteiger partial charge on any atom is 0.101 e. The Morgan fingerprint density at radius 1 is 1.28 bits per heavy atom. The van der Waals surface area contributed by atoms with Crippen LogP contribution in [0.25, 0.3) is 0 Å². The van der Waals surface area contributed by atoms with Crippen LogP contribution in [0.2, 0.25) is 10.0 Å². The van der Waals surface area contributed by atoms with Crippen molar-refractivity contribution in [3.63, 3.8) is 0 Å². The van der Waals surface area contributed by atoms with Crippen LogP contribution in [0.4, 0.5) is 0 Å². The van der Waals surface area contributed by atoms with Crippen molar-refractivity contribution in [1.82, 2.24) is 0 Å². The molecule has 0 aliphatic rings. The molecule has 1 aromatic carbocycles. The van der Waals surface area contributed by atoms with Crippen molar-refractivity contribution < 1.29 is 5.11 Å². The predicted molar refractivity (Wildman–Crippen MR) is 78.5 cm³/mol. The molecule has 0 saturated heterocycles. The molecule has 0 radical (unpaired) electrons. The Labute approximate surface area is 122 Å². The van der Waals surface area contributed by atoms with Crippen LogP contribution in [0.15, 0.2) is 29.5 Å². The van der Waals surface area contributed by atoms with E-state index in [0.29, 0.717) is 21.2 Å². The Morgan fingerprint density at radius 2 is 1.78 bits per heavy atom. The third kappa shape index (κ3) is 3.19. The van der Waals surface area contributed by atoms with Crippen molar-refractivity contribution in [2.45, 2.75) is 13.8 Å². The maximum atomic E-state index is 9.97. The fourth-order valence-corrected chi connectivity index (χ4v) is 2.36. The van der Waals surface area contributed by atoms with Crippen molar-refractivity contribution in [2.24, 2.45) is 5.92 Å². The smallest absolute Gasteiger partial charge is 0.101 e. The van der Waals surface area contributed by atoms with Crippen molar-refractivity contribution in [3.05, 3.63) is 45.1 Å². The van der Waals surface area contributed by atoms with E-state index in [9.17, 15) is 5.11 Å². The van der Waals surface area contributed by atoms with E-state index in [4.69, 9.17) is 40.2 Å². The lowest BCUT2D eigenvalue weighted by Gasteiger charge is -2.14. The molecule has 5 heteroatoms. The SMILES string of the molecule is CC(C)/C(O)=C(\CCl)C(=N)c1c(Cl)cccc1Cl. The van der Waals surface area contributed by atoms with Crippen molar-refractivity contribution >= 4 is 40.5 Å². The Kier molecular flexibility index (Phi) is 5.51. The van der Waals surface area contributed by atoms with Gasteiger partial charge in [-0.2, -0.15) is 0 Å². The molecule has 1 rings (SSSR count). The van der Waals surface area contributed by atoms with Crippen molar-refractivity contribution in [3.8, 4) is 0 Å². The van der Waals surface area contributed by atoms with Gasteiger partial charge >= 0.3 is 0 Å². The average Bonchev–Trinajstić information content (AvgIpc) is 2.29. The van der Waals surface area contributed by atoms with Crippen molar-refractivity contribution in [1.29, 1.82) is 5.41 Å². The van der Waals surface area contributed by atoms with Crippen LogP contribution in [-0.4, -0.2) is 16.7 Å². The number of hydrogen-bond acceptors (Lipinski definition) is 2. The largest absolute Gasteiger partial charge is 0.512 e. The molecule has 0 saturated carbocycles. The van der Waals surface area contributed by atoms with Crippen LogP contribution in [0.1, 0.15) is 19.4 Å². The van der Waals surface area contributed by atoms with E-state index in [0.717, 1.165) is 0 Å². The summed E-state index contributed by atoms with van der Waals surface area (Å²) < 4.78 is 0. The molecule has 2 nitrogen and oxygen atoms in total. The molecule has 1 aromatic rings. The highest BCUT2D eigenvalue weighted by atomic mass is 35.5. The van der Waals surface area contributed by atoms with Gasteiger partial charge in [0.25, 0.3) is 0 Å². The lowest BCUT2D eigenvalue weighted by Crippen LogP contribution is -2.12. The van der Waals surface area contributed by atoms with Crippen LogP contribution < -0.4 is 0 Å². The Bertz CT molecular complexity index is 475. The molecule has 0 unspecified atom stereocenters. The lowest BCUT2D eigenvalue weighted by molar-refractivity contribution is 0.348.